The first-order valence-electron chi connectivity index (χ1n) is 5.46. The van der Waals surface area contributed by atoms with Crippen molar-refractivity contribution in [2.24, 2.45) is 0 Å². The summed E-state index contributed by atoms with van der Waals surface area (Å²) in [6, 6.07) is 8.53. The van der Waals surface area contributed by atoms with Crippen molar-refractivity contribution in [2.45, 2.75) is 23.9 Å². The van der Waals surface area contributed by atoms with Crippen LogP contribution in [0.5, 0.6) is 0 Å². The number of hydrogen-bond acceptors (Lipinski definition) is 6. The van der Waals surface area contributed by atoms with E-state index in [4.69, 9.17) is 0 Å². The normalized spacial score (nSPS) is 10.4. The summed E-state index contributed by atoms with van der Waals surface area (Å²) in [5, 5.41) is 11.5. The molecule has 2 rings (SSSR count). The van der Waals surface area contributed by atoms with Crippen LogP contribution in [-0.4, -0.2) is 14.9 Å². The molecule has 0 N–H and O–H groups in total. The Balaban J connectivity index is 2.16. The van der Waals surface area contributed by atoms with Crippen molar-refractivity contribution in [2.75, 3.05) is 0 Å². The molecule has 0 radical (unpaired) electrons. The van der Waals surface area contributed by atoms with Crippen molar-refractivity contribution in [1.29, 1.82) is 0 Å². The smallest absolute Gasteiger partial charge is 0.258 e. The zero-order chi connectivity index (χ0) is 13.8. The van der Waals surface area contributed by atoms with Crippen LogP contribution in [-0.2, 0) is 0 Å². The summed E-state index contributed by atoms with van der Waals surface area (Å²) in [5.74, 6) is 0. The number of nitro groups is 1. The number of para-hydroxylation sites is 1. The fourth-order valence-electron chi connectivity index (χ4n) is 1.49. The lowest BCUT2D eigenvalue weighted by Gasteiger charge is -2.03. The molecule has 7 heteroatoms. The second-order valence-electron chi connectivity index (χ2n) is 3.82. The van der Waals surface area contributed by atoms with Gasteiger partial charge < -0.3 is 0 Å². The van der Waals surface area contributed by atoms with E-state index in [1.165, 1.54) is 27.7 Å². The van der Waals surface area contributed by atoms with Gasteiger partial charge in [-0.3, -0.25) is 10.1 Å². The highest BCUT2D eigenvalue weighted by atomic mass is 33.1. The Morgan fingerprint density at radius 1 is 1.11 bits per heavy atom. The fourth-order valence-corrected chi connectivity index (χ4v) is 3.52. The van der Waals surface area contributed by atoms with Crippen LogP contribution in [0.25, 0.3) is 0 Å². The average Bonchev–Trinajstić information content (AvgIpc) is 2.35. The van der Waals surface area contributed by atoms with Crippen LogP contribution >= 0.6 is 21.6 Å². The molecule has 0 spiro atoms. The Kier molecular flexibility index (Phi) is 4.39. The maximum atomic E-state index is 10.9. The zero-order valence-corrected chi connectivity index (χ0v) is 12.0. The van der Waals surface area contributed by atoms with Crippen LogP contribution in [0.2, 0.25) is 0 Å². The van der Waals surface area contributed by atoms with Crippen molar-refractivity contribution in [3.8, 4) is 0 Å². The summed E-state index contributed by atoms with van der Waals surface area (Å²) in [5.41, 5.74) is 1.88. The predicted octanol–water partition coefficient (Wildman–Crippen LogP) is 3.80. The molecule has 2 aromatic rings. The maximum absolute atomic E-state index is 10.9. The SMILES string of the molecule is Cc1cc(C)nc(SSc2ccccc2[N+](=O)[O-])n1. The molecule has 0 aliphatic rings. The third-order valence-electron chi connectivity index (χ3n) is 2.23. The molecular weight excluding hydrogens is 282 g/mol. The van der Waals surface area contributed by atoms with E-state index in [2.05, 4.69) is 9.97 Å². The minimum Gasteiger partial charge on any atom is -0.258 e. The second kappa shape index (κ2) is 6.03. The average molecular weight is 293 g/mol. The zero-order valence-electron chi connectivity index (χ0n) is 10.4. The molecule has 0 fully saturated rings. The summed E-state index contributed by atoms with van der Waals surface area (Å²) in [4.78, 5) is 19.7. The molecule has 0 atom stereocenters. The van der Waals surface area contributed by atoms with Crippen molar-refractivity contribution in [3.63, 3.8) is 0 Å². The number of aromatic nitrogens is 2. The van der Waals surface area contributed by atoms with Gasteiger partial charge in [-0.25, -0.2) is 9.97 Å². The van der Waals surface area contributed by atoms with Gasteiger partial charge in [-0.05, 0) is 47.6 Å². The highest BCUT2D eigenvalue weighted by Crippen LogP contribution is 2.40. The first-order chi connectivity index (χ1) is 9.06. The van der Waals surface area contributed by atoms with Crippen molar-refractivity contribution < 1.29 is 4.92 Å². The van der Waals surface area contributed by atoms with Gasteiger partial charge in [-0.1, -0.05) is 12.1 Å². The van der Waals surface area contributed by atoms with E-state index in [0.29, 0.717) is 10.1 Å². The highest BCUT2D eigenvalue weighted by Gasteiger charge is 2.14. The minimum atomic E-state index is -0.384. The van der Waals surface area contributed by atoms with Gasteiger partial charge in [-0.2, -0.15) is 0 Å². The lowest BCUT2D eigenvalue weighted by Crippen LogP contribution is -1.92. The van der Waals surface area contributed by atoms with E-state index in [1.54, 1.807) is 18.2 Å². The predicted molar refractivity (Wildman–Crippen MR) is 76.3 cm³/mol. The van der Waals surface area contributed by atoms with Gasteiger partial charge in [0.1, 0.15) is 0 Å². The van der Waals surface area contributed by atoms with Crippen molar-refractivity contribution in [3.05, 3.63) is 51.8 Å². The molecule has 5 nitrogen and oxygen atoms in total. The molecule has 0 unspecified atom stereocenters. The number of nitro benzene ring substituents is 1. The molecule has 0 saturated heterocycles. The van der Waals surface area contributed by atoms with E-state index in [-0.39, 0.29) is 10.6 Å². The van der Waals surface area contributed by atoms with Crippen LogP contribution in [0.15, 0.2) is 40.4 Å². The molecular formula is C12H11N3O2S2. The molecule has 0 saturated carbocycles. The second-order valence-corrected chi connectivity index (χ2v) is 5.96. The summed E-state index contributed by atoms with van der Waals surface area (Å²) in [6.07, 6.45) is 0. The Bertz CT molecular complexity index is 599. The van der Waals surface area contributed by atoms with Crippen molar-refractivity contribution >= 4 is 27.3 Å². The van der Waals surface area contributed by atoms with Gasteiger partial charge in [-0.15, -0.1) is 0 Å². The van der Waals surface area contributed by atoms with Gasteiger partial charge in [0, 0.05) is 17.5 Å². The summed E-state index contributed by atoms with van der Waals surface area (Å²) < 4.78 is 0. The molecule has 0 aliphatic carbocycles. The van der Waals surface area contributed by atoms with E-state index >= 15 is 0 Å². The monoisotopic (exact) mass is 293 g/mol. The van der Waals surface area contributed by atoms with Gasteiger partial charge in [0.15, 0.2) is 5.16 Å². The largest absolute Gasteiger partial charge is 0.283 e. The Labute approximate surface area is 118 Å². The molecule has 98 valence electrons. The molecule has 0 bridgehead atoms. The van der Waals surface area contributed by atoms with Crippen LogP contribution < -0.4 is 0 Å². The molecule has 1 heterocycles. The van der Waals surface area contributed by atoms with E-state index in [9.17, 15) is 10.1 Å². The van der Waals surface area contributed by atoms with E-state index in [1.807, 2.05) is 19.9 Å². The quantitative estimate of drug-likeness (QED) is 0.369. The Hall–Kier alpha value is -1.60. The van der Waals surface area contributed by atoms with Crippen LogP contribution in [0.4, 0.5) is 5.69 Å². The fraction of sp³-hybridized carbons (Fsp3) is 0.167. The third kappa shape index (κ3) is 3.68. The highest BCUT2D eigenvalue weighted by molar-refractivity contribution is 8.76. The number of nitrogens with zero attached hydrogens (tertiary/aromatic N) is 3. The van der Waals surface area contributed by atoms with Gasteiger partial charge in [0.05, 0.1) is 9.82 Å². The maximum Gasteiger partial charge on any atom is 0.283 e. The third-order valence-corrected chi connectivity index (χ3v) is 4.41. The molecule has 0 aliphatic heterocycles. The minimum absolute atomic E-state index is 0.101. The Morgan fingerprint density at radius 2 is 1.74 bits per heavy atom. The first kappa shape index (κ1) is 13.8. The molecule has 19 heavy (non-hydrogen) atoms. The van der Waals surface area contributed by atoms with E-state index in [0.717, 1.165) is 11.4 Å². The van der Waals surface area contributed by atoms with E-state index < -0.39 is 0 Å². The summed E-state index contributed by atoms with van der Waals surface area (Å²) >= 11 is 0. The number of aryl methyl sites for hydroxylation is 2. The summed E-state index contributed by atoms with van der Waals surface area (Å²) in [6.45, 7) is 3.79. The van der Waals surface area contributed by atoms with Crippen LogP contribution in [0.1, 0.15) is 11.4 Å². The number of hydrogen-bond donors (Lipinski definition) is 0. The number of benzene rings is 1. The van der Waals surface area contributed by atoms with Gasteiger partial charge >= 0.3 is 0 Å². The van der Waals surface area contributed by atoms with Gasteiger partial charge in [0.25, 0.3) is 5.69 Å². The Morgan fingerprint density at radius 3 is 2.37 bits per heavy atom. The van der Waals surface area contributed by atoms with Crippen molar-refractivity contribution in [1.82, 2.24) is 9.97 Å². The molecule has 1 aromatic carbocycles. The standard InChI is InChI=1S/C12H11N3O2S2/c1-8-7-9(2)14-12(13-8)19-18-11-6-4-3-5-10(11)15(16)17/h3-7H,1-2H3. The lowest BCUT2D eigenvalue weighted by molar-refractivity contribution is -0.387. The topological polar surface area (TPSA) is 68.9 Å². The lowest BCUT2D eigenvalue weighted by atomic mass is 10.3. The molecule has 1 aromatic heterocycles. The first-order valence-corrected chi connectivity index (χ1v) is 7.61. The summed E-state index contributed by atoms with van der Waals surface area (Å²) in [7, 11) is 2.62. The van der Waals surface area contributed by atoms with Crippen LogP contribution in [0, 0.1) is 24.0 Å². The van der Waals surface area contributed by atoms with Crippen LogP contribution in [0.3, 0.4) is 0 Å². The van der Waals surface area contributed by atoms with Gasteiger partial charge in [0.2, 0.25) is 0 Å². The number of rotatable bonds is 4. The molecule has 0 amide bonds.